The molecule has 2 amide bonds. The van der Waals surface area contributed by atoms with Gasteiger partial charge in [0, 0.05) is 43.0 Å². The smallest absolute Gasteiger partial charge is 0.259 e. The standard InChI is InChI=1S/C31H26FN3O3S/c32-26-12-6-4-8-23(26)21-35-27-20-22(14-15-29(27)39(38)28-13-7-5-11-25(28)31(35)37)30(36)34-18-16-33(17-19-34)24-9-2-1-3-10-24/h1-15,20H,16-19,21H2. The molecule has 196 valence electrons. The highest BCUT2D eigenvalue weighted by molar-refractivity contribution is 7.85. The van der Waals surface area contributed by atoms with E-state index in [0.29, 0.717) is 58.3 Å². The van der Waals surface area contributed by atoms with E-state index in [1.54, 1.807) is 65.6 Å². The van der Waals surface area contributed by atoms with E-state index < -0.39 is 16.6 Å². The minimum absolute atomic E-state index is 0.0581. The van der Waals surface area contributed by atoms with Gasteiger partial charge in [-0.1, -0.05) is 48.5 Å². The summed E-state index contributed by atoms with van der Waals surface area (Å²) in [5.41, 5.74) is 2.51. The lowest BCUT2D eigenvalue weighted by molar-refractivity contribution is 0.0746. The van der Waals surface area contributed by atoms with E-state index in [4.69, 9.17) is 0 Å². The molecule has 2 aliphatic rings. The van der Waals surface area contributed by atoms with Gasteiger partial charge >= 0.3 is 0 Å². The van der Waals surface area contributed by atoms with Crippen molar-refractivity contribution in [2.75, 3.05) is 36.0 Å². The summed E-state index contributed by atoms with van der Waals surface area (Å²) in [6.45, 7) is 2.47. The van der Waals surface area contributed by atoms with Gasteiger partial charge < -0.3 is 14.7 Å². The van der Waals surface area contributed by atoms with Crippen LogP contribution in [-0.2, 0) is 17.3 Å². The number of fused-ring (bicyclic) bond motifs is 2. The predicted molar refractivity (Wildman–Crippen MR) is 149 cm³/mol. The summed E-state index contributed by atoms with van der Waals surface area (Å²) in [4.78, 5) is 33.7. The van der Waals surface area contributed by atoms with Gasteiger partial charge in [-0.05, 0) is 48.5 Å². The van der Waals surface area contributed by atoms with Crippen molar-refractivity contribution in [3.8, 4) is 0 Å². The van der Waals surface area contributed by atoms with Gasteiger partial charge in [-0.3, -0.25) is 9.59 Å². The van der Waals surface area contributed by atoms with Crippen LogP contribution in [0.4, 0.5) is 15.8 Å². The first-order valence-electron chi connectivity index (χ1n) is 12.8. The van der Waals surface area contributed by atoms with Crippen LogP contribution in [0, 0.1) is 5.82 Å². The molecule has 1 fully saturated rings. The summed E-state index contributed by atoms with van der Waals surface area (Å²) in [7, 11) is -1.65. The Morgan fingerprint density at radius 3 is 2.26 bits per heavy atom. The molecule has 8 heteroatoms. The van der Waals surface area contributed by atoms with Gasteiger partial charge in [0.25, 0.3) is 11.8 Å². The molecule has 4 aromatic carbocycles. The Hall–Kier alpha value is -4.30. The molecule has 6 rings (SSSR count). The minimum atomic E-state index is -1.65. The molecule has 0 aliphatic carbocycles. The van der Waals surface area contributed by atoms with Crippen molar-refractivity contribution in [1.82, 2.24) is 4.90 Å². The van der Waals surface area contributed by atoms with Crippen molar-refractivity contribution in [3.05, 3.63) is 120 Å². The van der Waals surface area contributed by atoms with Gasteiger partial charge in [0.2, 0.25) is 0 Å². The molecule has 0 N–H and O–H groups in total. The number of anilines is 2. The highest BCUT2D eigenvalue weighted by atomic mass is 32.2. The molecule has 0 spiro atoms. The van der Waals surface area contributed by atoms with E-state index in [1.807, 2.05) is 18.2 Å². The number of rotatable bonds is 4. The summed E-state index contributed by atoms with van der Waals surface area (Å²) in [5, 5.41) is 0. The van der Waals surface area contributed by atoms with Gasteiger partial charge in [-0.15, -0.1) is 0 Å². The van der Waals surface area contributed by atoms with E-state index in [9.17, 15) is 18.2 Å². The van der Waals surface area contributed by atoms with E-state index >= 15 is 0 Å². The Morgan fingerprint density at radius 1 is 0.795 bits per heavy atom. The number of halogens is 1. The molecule has 2 aliphatic heterocycles. The normalized spacial score (nSPS) is 16.9. The molecule has 1 saturated heterocycles. The zero-order chi connectivity index (χ0) is 26.9. The topological polar surface area (TPSA) is 60.9 Å². The molecular formula is C31H26FN3O3S. The number of carbonyl (C=O) groups is 2. The number of benzene rings is 4. The first-order chi connectivity index (χ1) is 19.0. The summed E-state index contributed by atoms with van der Waals surface area (Å²) in [6, 6.07) is 28.1. The number of piperazine rings is 1. The Kier molecular flexibility index (Phi) is 6.70. The van der Waals surface area contributed by atoms with Gasteiger partial charge in [0.15, 0.2) is 0 Å². The van der Waals surface area contributed by atoms with Gasteiger partial charge in [-0.25, -0.2) is 8.60 Å². The van der Waals surface area contributed by atoms with Crippen LogP contribution in [0.2, 0.25) is 0 Å². The summed E-state index contributed by atoms with van der Waals surface area (Å²) < 4.78 is 28.3. The lowest BCUT2D eigenvalue weighted by Crippen LogP contribution is -2.48. The van der Waals surface area contributed by atoms with Crippen LogP contribution in [0.15, 0.2) is 107 Å². The zero-order valence-electron chi connectivity index (χ0n) is 21.1. The highest BCUT2D eigenvalue weighted by Crippen LogP contribution is 2.36. The van der Waals surface area contributed by atoms with Crippen molar-refractivity contribution in [2.24, 2.45) is 0 Å². The second-order valence-corrected chi connectivity index (χ2v) is 11.0. The molecule has 0 aromatic heterocycles. The number of para-hydroxylation sites is 1. The van der Waals surface area contributed by atoms with Gasteiger partial charge in [-0.2, -0.15) is 0 Å². The fraction of sp³-hybridized carbons (Fsp3) is 0.161. The lowest BCUT2D eigenvalue weighted by Gasteiger charge is -2.36. The molecule has 0 bridgehead atoms. The Balaban J connectivity index is 1.34. The summed E-state index contributed by atoms with van der Waals surface area (Å²) in [5.74, 6) is -0.979. The summed E-state index contributed by atoms with van der Waals surface area (Å²) >= 11 is 0. The first kappa shape index (κ1) is 25.0. The molecule has 1 unspecified atom stereocenters. The van der Waals surface area contributed by atoms with Gasteiger partial charge in [0.1, 0.15) is 5.82 Å². The fourth-order valence-corrected chi connectivity index (χ4v) is 6.48. The molecule has 6 nitrogen and oxygen atoms in total. The van der Waals surface area contributed by atoms with Crippen molar-refractivity contribution in [1.29, 1.82) is 0 Å². The minimum Gasteiger partial charge on any atom is -0.368 e. The van der Waals surface area contributed by atoms with E-state index in [2.05, 4.69) is 17.0 Å². The second-order valence-electron chi connectivity index (χ2n) is 9.54. The Bertz CT molecular complexity index is 1590. The van der Waals surface area contributed by atoms with Crippen LogP contribution in [0.5, 0.6) is 0 Å². The third-order valence-electron chi connectivity index (χ3n) is 7.23. The average molecular weight is 540 g/mol. The van der Waals surface area contributed by atoms with Crippen LogP contribution >= 0.6 is 0 Å². The van der Waals surface area contributed by atoms with E-state index in [0.717, 1.165) is 5.69 Å². The van der Waals surface area contributed by atoms with Crippen LogP contribution in [0.25, 0.3) is 0 Å². The van der Waals surface area contributed by atoms with E-state index in [1.165, 1.54) is 11.0 Å². The third-order valence-corrected chi connectivity index (χ3v) is 8.73. The van der Waals surface area contributed by atoms with Crippen molar-refractivity contribution < 1.29 is 18.2 Å². The van der Waals surface area contributed by atoms with Crippen LogP contribution < -0.4 is 9.80 Å². The van der Waals surface area contributed by atoms with Crippen LogP contribution in [0.3, 0.4) is 0 Å². The molecule has 0 saturated carbocycles. The number of carbonyl (C=O) groups excluding carboxylic acids is 2. The highest BCUT2D eigenvalue weighted by Gasteiger charge is 2.32. The monoisotopic (exact) mass is 539 g/mol. The predicted octanol–water partition coefficient (Wildman–Crippen LogP) is 5.12. The summed E-state index contributed by atoms with van der Waals surface area (Å²) in [6.07, 6.45) is 0. The largest absolute Gasteiger partial charge is 0.368 e. The van der Waals surface area contributed by atoms with E-state index in [-0.39, 0.29) is 18.4 Å². The average Bonchev–Trinajstić information content (AvgIpc) is 3.07. The van der Waals surface area contributed by atoms with Crippen molar-refractivity contribution in [2.45, 2.75) is 16.3 Å². The zero-order valence-corrected chi connectivity index (χ0v) is 21.9. The molecule has 4 aromatic rings. The lowest BCUT2D eigenvalue weighted by atomic mass is 10.1. The molecule has 2 heterocycles. The van der Waals surface area contributed by atoms with Crippen molar-refractivity contribution in [3.63, 3.8) is 0 Å². The molecular weight excluding hydrogens is 513 g/mol. The fourth-order valence-electron chi connectivity index (χ4n) is 5.14. The Labute approximate surface area is 228 Å². The van der Waals surface area contributed by atoms with Crippen molar-refractivity contribution >= 4 is 34.0 Å². The first-order valence-corrected chi connectivity index (χ1v) is 14.0. The SMILES string of the molecule is O=C(c1ccc2c(c1)N(Cc1ccccc1F)C(=O)c1ccccc1S2=O)N1CCN(c2ccccc2)CC1. The molecule has 1 atom stereocenters. The van der Waals surface area contributed by atoms with Crippen LogP contribution in [0.1, 0.15) is 26.3 Å². The Morgan fingerprint density at radius 2 is 1.49 bits per heavy atom. The maximum absolute atomic E-state index is 14.7. The second kappa shape index (κ2) is 10.5. The van der Waals surface area contributed by atoms with Gasteiger partial charge in [0.05, 0.1) is 38.4 Å². The number of hydrogen-bond acceptors (Lipinski definition) is 4. The number of amides is 2. The number of nitrogens with zero attached hydrogens (tertiary/aromatic N) is 3. The van der Waals surface area contributed by atoms with Crippen LogP contribution in [-0.4, -0.2) is 47.1 Å². The maximum atomic E-state index is 14.7. The third kappa shape index (κ3) is 4.72. The molecule has 39 heavy (non-hydrogen) atoms. The quantitative estimate of drug-likeness (QED) is 0.362. The molecule has 0 radical (unpaired) electrons. The number of hydrogen-bond donors (Lipinski definition) is 0. The maximum Gasteiger partial charge on any atom is 0.259 e.